The number of Topliss-reactive ketones (excluding diaryl/α,β-unsaturated/α-hetero) is 3. The maximum Gasteiger partial charge on any atom is 0.178 e. The number of fused-ring (bicyclic) bond motifs is 1. The molecule has 1 saturated carbocycles. The molecule has 2 aliphatic carbocycles. The van der Waals surface area contributed by atoms with Gasteiger partial charge in [-0.2, -0.15) is 0 Å². The van der Waals surface area contributed by atoms with Crippen LogP contribution in [0.15, 0.2) is 79.1 Å². The summed E-state index contributed by atoms with van der Waals surface area (Å²) >= 11 is 0. The van der Waals surface area contributed by atoms with E-state index in [0.29, 0.717) is 16.7 Å². The van der Waals surface area contributed by atoms with Crippen molar-refractivity contribution in [2.24, 2.45) is 11.3 Å². The van der Waals surface area contributed by atoms with Crippen molar-refractivity contribution in [3.63, 3.8) is 0 Å². The van der Waals surface area contributed by atoms with E-state index in [1.807, 2.05) is 12.1 Å². The van der Waals surface area contributed by atoms with Crippen LogP contribution in [0.5, 0.6) is 0 Å². The molecule has 0 radical (unpaired) electrons. The number of pyridine rings is 1. The quantitative estimate of drug-likeness (QED) is 0.531. The Morgan fingerprint density at radius 3 is 2.04 bits per heavy atom. The van der Waals surface area contributed by atoms with E-state index in [1.165, 1.54) is 0 Å². The van der Waals surface area contributed by atoms with E-state index in [-0.39, 0.29) is 17.3 Å². The second kappa shape index (κ2) is 5.55. The van der Waals surface area contributed by atoms with E-state index in [4.69, 9.17) is 0 Å². The summed E-state index contributed by atoms with van der Waals surface area (Å²) in [7, 11) is 0. The molecule has 130 valence electrons. The van der Waals surface area contributed by atoms with Crippen molar-refractivity contribution in [2.45, 2.75) is 5.92 Å². The van der Waals surface area contributed by atoms with Gasteiger partial charge in [-0.3, -0.25) is 19.4 Å². The highest BCUT2D eigenvalue weighted by Crippen LogP contribution is 2.70. The minimum atomic E-state index is -1.33. The SMILES string of the molecule is O=C(c1ccccc1)[C@H]1[C@H](c2cccnc2)C12C(=O)c1ccccc1C2=O. The van der Waals surface area contributed by atoms with Crippen LogP contribution in [0.25, 0.3) is 0 Å². The van der Waals surface area contributed by atoms with Gasteiger partial charge in [0, 0.05) is 35.0 Å². The minimum Gasteiger partial charge on any atom is -0.294 e. The van der Waals surface area contributed by atoms with Crippen LogP contribution in [-0.2, 0) is 0 Å². The van der Waals surface area contributed by atoms with Gasteiger partial charge in [-0.05, 0) is 11.6 Å². The van der Waals surface area contributed by atoms with Gasteiger partial charge in [0.15, 0.2) is 17.3 Å². The summed E-state index contributed by atoms with van der Waals surface area (Å²) in [5.41, 5.74) is 0.769. The Balaban J connectivity index is 1.67. The average molecular weight is 353 g/mol. The normalized spacial score (nSPS) is 21.9. The fourth-order valence-electron chi connectivity index (χ4n) is 4.54. The van der Waals surface area contributed by atoms with Crippen LogP contribution in [0.1, 0.15) is 42.6 Å². The fraction of sp³-hybridized carbons (Fsp3) is 0.130. The van der Waals surface area contributed by atoms with Gasteiger partial charge in [-0.15, -0.1) is 0 Å². The highest BCUT2D eigenvalue weighted by atomic mass is 16.2. The van der Waals surface area contributed by atoms with Crippen molar-refractivity contribution in [2.75, 3.05) is 0 Å². The van der Waals surface area contributed by atoms with E-state index in [0.717, 1.165) is 5.56 Å². The molecule has 0 bridgehead atoms. The standard InChI is InChI=1S/C23H15NO3/c25-20(14-7-2-1-3-8-14)19-18(15-9-6-12-24-13-15)23(19)21(26)16-10-4-5-11-17(16)22(23)27/h1-13,18-19H/t18-,19+/m0/s1. The monoisotopic (exact) mass is 353 g/mol. The Morgan fingerprint density at radius 2 is 1.44 bits per heavy atom. The lowest BCUT2D eigenvalue weighted by molar-refractivity contribution is 0.0764. The number of hydrogen-bond acceptors (Lipinski definition) is 4. The first-order valence-corrected chi connectivity index (χ1v) is 8.85. The van der Waals surface area contributed by atoms with Gasteiger partial charge < -0.3 is 0 Å². The van der Waals surface area contributed by atoms with Gasteiger partial charge in [-0.25, -0.2) is 0 Å². The molecule has 4 heteroatoms. The number of aromatic nitrogens is 1. The van der Waals surface area contributed by atoms with Crippen LogP contribution in [-0.4, -0.2) is 22.3 Å². The lowest BCUT2D eigenvalue weighted by Gasteiger charge is -2.06. The molecular weight excluding hydrogens is 338 g/mol. The highest BCUT2D eigenvalue weighted by Gasteiger charge is 2.79. The topological polar surface area (TPSA) is 64.1 Å². The first-order valence-electron chi connectivity index (χ1n) is 8.85. The van der Waals surface area contributed by atoms with Crippen LogP contribution in [0.4, 0.5) is 0 Å². The van der Waals surface area contributed by atoms with Crippen LogP contribution < -0.4 is 0 Å². The predicted molar refractivity (Wildman–Crippen MR) is 98.8 cm³/mol. The lowest BCUT2D eigenvalue weighted by Crippen LogP contribution is -2.23. The Hall–Kier alpha value is -3.40. The molecule has 2 aromatic carbocycles. The van der Waals surface area contributed by atoms with Gasteiger partial charge in [-0.1, -0.05) is 60.7 Å². The van der Waals surface area contributed by atoms with Crippen molar-refractivity contribution in [3.05, 3.63) is 101 Å². The number of nitrogens with zero attached hydrogens (tertiary/aromatic N) is 1. The molecule has 2 atom stereocenters. The Morgan fingerprint density at radius 1 is 0.815 bits per heavy atom. The zero-order chi connectivity index (χ0) is 18.6. The third-order valence-corrected chi connectivity index (χ3v) is 5.76. The van der Waals surface area contributed by atoms with Gasteiger partial charge in [0.25, 0.3) is 0 Å². The van der Waals surface area contributed by atoms with Crippen molar-refractivity contribution < 1.29 is 14.4 Å². The molecule has 3 aromatic rings. The zero-order valence-electron chi connectivity index (χ0n) is 14.3. The molecule has 27 heavy (non-hydrogen) atoms. The molecule has 5 rings (SSSR count). The summed E-state index contributed by atoms with van der Waals surface area (Å²) in [6.07, 6.45) is 3.29. The molecule has 1 aromatic heterocycles. The maximum absolute atomic E-state index is 13.3. The number of carbonyl (C=O) groups excluding carboxylic acids is 3. The smallest absolute Gasteiger partial charge is 0.178 e. The molecule has 0 amide bonds. The molecular formula is C23H15NO3. The fourth-order valence-corrected chi connectivity index (χ4v) is 4.54. The van der Waals surface area contributed by atoms with Gasteiger partial charge in [0.05, 0.1) is 5.92 Å². The third kappa shape index (κ3) is 1.98. The van der Waals surface area contributed by atoms with E-state index in [9.17, 15) is 14.4 Å². The summed E-state index contributed by atoms with van der Waals surface area (Å²) < 4.78 is 0. The predicted octanol–water partition coefficient (Wildman–Crippen LogP) is 3.74. The summed E-state index contributed by atoms with van der Waals surface area (Å²) in [5, 5.41) is 0. The van der Waals surface area contributed by atoms with Crippen molar-refractivity contribution in [3.8, 4) is 0 Å². The Bertz CT molecular complexity index is 1050. The van der Waals surface area contributed by atoms with Gasteiger partial charge in [0.1, 0.15) is 5.41 Å². The second-order valence-electron chi connectivity index (χ2n) is 7.04. The Kier molecular flexibility index (Phi) is 3.25. The number of carbonyl (C=O) groups is 3. The maximum atomic E-state index is 13.3. The summed E-state index contributed by atoms with van der Waals surface area (Å²) in [6.45, 7) is 0. The van der Waals surface area contributed by atoms with Gasteiger partial charge in [0.2, 0.25) is 0 Å². The molecule has 1 fully saturated rings. The first kappa shape index (κ1) is 15.8. The highest BCUT2D eigenvalue weighted by molar-refractivity contribution is 6.35. The molecule has 2 aliphatic rings. The largest absolute Gasteiger partial charge is 0.294 e. The molecule has 0 saturated heterocycles. The molecule has 1 heterocycles. The summed E-state index contributed by atoms with van der Waals surface area (Å²) in [6, 6.07) is 19.3. The first-order chi connectivity index (χ1) is 13.2. The van der Waals surface area contributed by atoms with E-state index < -0.39 is 17.3 Å². The van der Waals surface area contributed by atoms with Gasteiger partial charge >= 0.3 is 0 Å². The van der Waals surface area contributed by atoms with Crippen molar-refractivity contribution in [1.29, 1.82) is 0 Å². The Labute approximate surface area is 155 Å². The van der Waals surface area contributed by atoms with E-state index >= 15 is 0 Å². The number of hydrogen-bond donors (Lipinski definition) is 0. The molecule has 0 aliphatic heterocycles. The van der Waals surface area contributed by atoms with Crippen molar-refractivity contribution >= 4 is 17.3 Å². The third-order valence-electron chi connectivity index (χ3n) is 5.76. The second-order valence-corrected chi connectivity index (χ2v) is 7.04. The van der Waals surface area contributed by atoms with E-state index in [1.54, 1.807) is 67.0 Å². The summed E-state index contributed by atoms with van der Waals surface area (Å²) in [5.74, 6) is -1.83. The van der Waals surface area contributed by atoms with Crippen LogP contribution in [0.2, 0.25) is 0 Å². The number of benzene rings is 2. The molecule has 0 N–H and O–H groups in total. The van der Waals surface area contributed by atoms with Crippen LogP contribution >= 0.6 is 0 Å². The number of ketones is 3. The average Bonchev–Trinajstić information content (AvgIpc) is 3.39. The van der Waals surface area contributed by atoms with Crippen LogP contribution in [0.3, 0.4) is 0 Å². The van der Waals surface area contributed by atoms with E-state index in [2.05, 4.69) is 4.98 Å². The summed E-state index contributed by atoms with van der Waals surface area (Å²) in [4.78, 5) is 44.1. The minimum absolute atomic E-state index is 0.168. The zero-order valence-corrected chi connectivity index (χ0v) is 14.3. The molecule has 4 nitrogen and oxygen atoms in total. The number of rotatable bonds is 3. The molecule has 0 unspecified atom stereocenters. The van der Waals surface area contributed by atoms with Crippen LogP contribution in [0, 0.1) is 11.3 Å². The van der Waals surface area contributed by atoms with Crippen molar-refractivity contribution in [1.82, 2.24) is 4.98 Å². The molecule has 1 spiro atoms. The lowest BCUT2D eigenvalue weighted by atomic mass is 9.92.